The van der Waals surface area contributed by atoms with Crippen LogP contribution in [0.5, 0.6) is 11.5 Å². The summed E-state index contributed by atoms with van der Waals surface area (Å²) < 4.78 is 15.6. The van der Waals surface area contributed by atoms with Crippen LogP contribution in [-0.2, 0) is 11.3 Å². The van der Waals surface area contributed by atoms with Gasteiger partial charge >= 0.3 is 0 Å². The molecule has 0 amide bonds. The van der Waals surface area contributed by atoms with E-state index in [1.165, 1.54) is 0 Å². The predicted octanol–water partition coefficient (Wildman–Crippen LogP) is 2.57. The molecule has 0 heterocycles. The molecule has 0 aliphatic rings. The molecule has 1 N–H and O–H groups in total. The molecule has 0 unspecified atom stereocenters. The molecule has 0 bridgehead atoms. The third kappa shape index (κ3) is 4.94. The molecule has 1 aromatic carbocycles. The molecule has 1 aromatic rings. The fourth-order valence-corrected chi connectivity index (χ4v) is 1.43. The van der Waals surface area contributed by atoms with Crippen LogP contribution in [0.15, 0.2) is 18.2 Å². The lowest BCUT2D eigenvalue weighted by molar-refractivity contribution is 0.0491. The Balaban J connectivity index is 2.72. The Morgan fingerprint density at radius 1 is 1.11 bits per heavy atom. The van der Waals surface area contributed by atoms with Crippen LogP contribution in [0, 0.1) is 0 Å². The van der Waals surface area contributed by atoms with Crippen LogP contribution in [-0.4, -0.2) is 26.6 Å². The van der Waals surface area contributed by atoms with E-state index in [2.05, 4.69) is 26.1 Å². The lowest BCUT2D eigenvalue weighted by Gasteiger charge is -2.21. The minimum Gasteiger partial charge on any atom is -0.493 e. The van der Waals surface area contributed by atoms with Gasteiger partial charge in [-0.2, -0.15) is 0 Å². The second kappa shape index (κ2) is 6.61. The highest BCUT2D eigenvalue weighted by atomic mass is 16.7. The van der Waals surface area contributed by atoms with Crippen molar-refractivity contribution in [1.82, 2.24) is 5.32 Å². The molecule has 4 heteroatoms. The Morgan fingerprint density at radius 3 is 2.39 bits per heavy atom. The highest BCUT2D eigenvalue weighted by molar-refractivity contribution is 5.42. The summed E-state index contributed by atoms with van der Waals surface area (Å²) in [6.07, 6.45) is 0. The van der Waals surface area contributed by atoms with E-state index >= 15 is 0 Å². The van der Waals surface area contributed by atoms with Crippen molar-refractivity contribution in [2.45, 2.75) is 32.9 Å². The zero-order chi connectivity index (χ0) is 13.6. The Hall–Kier alpha value is -1.26. The minimum atomic E-state index is 0.0957. The summed E-state index contributed by atoms with van der Waals surface area (Å²) in [5, 5.41) is 3.43. The fraction of sp³-hybridized carbons (Fsp3) is 0.571. The summed E-state index contributed by atoms with van der Waals surface area (Å²) in [4.78, 5) is 0. The molecule has 0 saturated heterocycles. The molecule has 0 aliphatic heterocycles. The molecular formula is C14H23NO3. The van der Waals surface area contributed by atoms with Crippen molar-refractivity contribution in [2.75, 3.05) is 21.0 Å². The quantitative estimate of drug-likeness (QED) is 0.791. The average Bonchev–Trinajstić information content (AvgIpc) is 2.33. The van der Waals surface area contributed by atoms with Gasteiger partial charge in [0.1, 0.15) is 0 Å². The molecule has 4 nitrogen and oxygen atoms in total. The van der Waals surface area contributed by atoms with Crippen LogP contribution in [0.2, 0.25) is 0 Å². The van der Waals surface area contributed by atoms with E-state index < -0.39 is 0 Å². The van der Waals surface area contributed by atoms with E-state index in [9.17, 15) is 0 Å². The molecule has 0 spiro atoms. The lowest BCUT2D eigenvalue weighted by atomic mass is 10.1. The van der Waals surface area contributed by atoms with Crippen LogP contribution in [0.4, 0.5) is 0 Å². The van der Waals surface area contributed by atoms with Crippen molar-refractivity contribution in [3.63, 3.8) is 0 Å². The first-order valence-corrected chi connectivity index (χ1v) is 6.00. The van der Waals surface area contributed by atoms with Crippen LogP contribution in [0.3, 0.4) is 0 Å². The summed E-state index contributed by atoms with van der Waals surface area (Å²) in [5.41, 5.74) is 1.25. The van der Waals surface area contributed by atoms with Gasteiger partial charge in [-0.25, -0.2) is 0 Å². The summed E-state index contributed by atoms with van der Waals surface area (Å²) in [5.74, 6) is 1.42. The number of rotatable bonds is 6. The molecule has 18 heavy (non-hydrogen) atoms. The van der Waals surface area contributed by atoms with Gasteiger partial charge in [-0.15, -0.1) is 0 Å². The maximum Gasteiger partial charge on any atom is 0.188 e. The third-order valence-electron chi connectivity index (χ3n) is 2.38. The molecule has 1 rings (SSSR count). The Kier molecular flexibility index (Phi) is 5.44. The number of ether oxygens (including phenoxy) is 3. The first-order valence-electron chi connectivity index (χ1n) is 6.00. The van der Waals surface area contributed by atoms with Gasteiger partial charge in [0.25, 0.3) is 0 Å². The van der Waals surface area contributed by atoms with Gasteiger partial charge in [0.15, 0.2) is 18.3 Å². The number of hydrogen-bond acceptors (Lipinski definition) is 4. The second-order valence-corrected chi connectivity index (χ2v) is 5.14. The molecule has 0 atom stereocenters. The van der Waals surface area contributed by atoms with E-state index in [0.29, 0.717) is 5.75 Å². The zero-order valence-electron chi connectivity index (χ0n) is 11.9. The maximum atomic E-state index is 5.41. The fourth-order valence-electron chi connectivity index (χ4n) is 1.43. The highest BCUT2D eigenvalue weighted by Gasteiger charge is 2.10. The SMILES string of the molecule is COCOc1ccc(CNC(C)(C)C)cc1OC. The standard InChI is InChI=1S/C14H23NO3/c1-14(2,3)15-9-11-6-7-12(18-10-16-4)13(8-11)17-5/h6-8,15H,9-10H2,1-5H3. The third-order valence-corrected chi connectivity index (χ3v) is 2.38. The number of benzene rings is 1. The van der Waals surface area contributed by atoms with E-state index in [1.54, 1.807) is 14.2 Å². The van der Waals surface area contributed by atoms with E-state index in [0.717, 1.165) is 17.9 Å². The van der Waals surface area contributed by atoms with Crippen molar-refractivity contribution in [3.8, 4) is 11.5 Å². The molecule has 0 aromatic heterocycles. The van der Waals surface area contributed by atoms with E-state index in [4.69, 9.17) is 14.2 Å². The van der Waals surface area contributed by atoms with Crippen molar-refractivity contribution in [3.05, 3.63) is 23.8 Å². The number of methoxy groups -OCH3 is 2. The molecule has 0 fully saturated rings. The van der Waals surface area contributed by atoms with Crippen LogP contribution >= 0.6 is 0 Å². The van der Waals surface area contributed by atoms with Crippen molar-refractivity contribution >= 4 is 0 Å². The van der Waals surface area contributed by atoms with Gasteiger partial charge in [0.05, 0.1) is 7.11 Å². The molecule has 102 valence electrons. The Morgan fingerprint density at radius 2 is 1.83 bits per heavy atom. The first-order chi connectivity index (χ1) is 8.46. The smallest absolute Gasteiger partial charge is 0.188 e. The summed E-state index contributed by atoms with van der Waals surface area (Å²) in [7, 11) is 3.23. The monoisotopic (exact) mass is 253 g/mol. The molecule has 0 radical (unpaired) electrons. The number of nitrogens with one attached hydrogen (secondary N) is 1. The van der Waals surface area contributed by atoms with Crippen LogP contribution in [0.25, 0.3) is 0 Å². The summed E-state index contributed by atoms with van der Waals surface area (Å²) >= 11 is 0. The van der Waals surface area contributed by atoms with Gasteiger partial charge in [-0.3, -0.25) is 0 Å². The van der Waals surface area contributed by atoms with E-state index in [-0.39, 0.29) is 12.3 Å². The van der Waals surface area contributed by atoms with Crippen LogP contribution < -0.4 is 14.8 Å². The summed E-state index contributed by atoms with van der Waals surface area (Å²) in [6, 6.07) is 5.90. The minimum absolute atomic E-state index is 0.0957. The Bertz CT molecular complexity index is 372. The Labute approximate surface area is 109 Å². The van der Waals surface area contributed by atoms with Gasteiger partial charge in [0.2, 0.25) is 0 Å². The predicted molar refractivity (Wildman–Crippen MR) is 72.1 cm³/mol. The van der Waals surface area contributed by atoms with E-state index in [1.807, 2.05) is 18.2 Å². The van der Waals surface area contributed by atoms with Crippen molar-refractivity contribution < 1.29 is 14.2 Å². The van der Waals surface area contributed by atoms with Crippen molar-refractivity contribution in [1.29, 1.82) is 0 Å². The highest BCUT2D eigenvalue weighted by Crippen LogP contribution is 2.28. The lowest BCUT2D eigenvalue weighted by Crippen LogP contribution is -2.35. The molecule has 0 saturated carbocycles. The van der Waals surface area contributed by atoms with Gasteiger partial charge < -0.3 is 19.5 Å². The maximum absolute atomic E-state index is 5.41. The topological polar surface area (TPSA) is 39.7 Å². The second-order valence-electron chi connectivity index (χ2n) is 5.14. The molecule has 0 aliphatic carbocycles. The van der Waals surface area contributed by atoms with Gasteiger partial charge in [0, 0.05) is 19.2 Å². The zero-order valence-corrected chi connectivity index (χ0v) is 11.9. The van der Waals surface area contributed by atoms with Gasteiger partial charge in [-0.05, 0) is 38.5 Å². The largest absolute Gasteiger partial charge is 0.493 e. The average molecular weight is 253 g/mol. The van der Waals surface area contributed by atoms with Crippen LogP contribution in [0.1, 0.15) is 26.3 Å². The number of hydrogen-bond donors (Lipinski definition) is 1. The normalized spacial score (nSPS) is 11.4. The first kappa shape index (κ1) is 14.8. The van der Waals surface area contributed by atoms with Crippen molar-refractivity contribution in [2.24, 2.45) is 0 Å². The summed E-state index contributed by atoms with van der Waals surface area (Å²) in [6.45, 7) is 7.43. The van der Waals surface area contributed by atoms with Gasteiger partial charge in [-0.1, -0.05) is 6.07 Å². The molecular weight excluding hydrogens is 230 g/mol.